The van der Waals surface area contributed by atoms with Gasteiger partial charge in [0.15, 0.2) is 5.78 Å². The first-order valence-electron chi connectivity index (χ1n) is 3.61. The predicted molar refractivity (Wildman–Crippen MR) is 40.7 cm³/mol. The molecule has 1 aliphatic rings. The normalized spacial score (nSPS) is 23.3. The predicted octanol–water partition coefficient (Wildman–Crippen LogP) is 0.496. The van der Waals surface area contributed by atoms with Gasteiger partial charge in [-0.25, -0.2) is 0 Å². The number of hydrogen-bond donors (Lipinski definition) is 1. The zero-order valence-electron chi connectivity index (χ0n) is 6.00. The molecule has 0 amide bonds. The second-order valence-electron chi connectivity index (χ2n) is 2.77. The van der Waals surface area contributed by atoms with Gasteiger partial charge in [-0.2, -0.15) is 5.10 Å². The Balaban J connectivity index is 2.46. The highest BCUT2D eigenvalue weighted by Gasteiger charge is 2.24. The quantitative estimate of drug-likeness (QED) is 0.541. The Hall–Kier alpha value is -1.06. The van der Waals surface area contributed by atoms with Crippen molar-refractivity contribution in [2.75, 3.05) is 0 Å². The van der Waals surface area contributed by atoms with Gasteiger partial charge in [-0.05, 0) is 18.7 Å². The van der Waals surface area contributed by atoms with Crippen molar-refractivity contribution in [1.29, 1.82) is 0 Å². The average Bonchev–Trinajstić information content (AvgIpc) is 2.45. The van der Waals surface area contributed by atoms with E-state index in [2.05, 4.69) is 10.2 Å². The first-order chi connectivity index (χ1) is 5.29. The van der Waals surface area contributed by atoms with Crippen LogP contribution in [0.4, 0.5) is 0 Å². The standard InChI is InChI=1S/C7H7BN2O/c8-5-1-2-6-4(7(5)11)3-9-10-6/h3,5H,1-2H2,(H,9,10). The summed E-state index contributed by atoms with van der Waals surface area (Å²) in [6.45, 7) is 0. The lowest BCUT2D eigenvalue weighted by atomic mass is 9.74. The molecule has 2 radical (unpaired) electrons. The molecule has 0 aliphatic heterocycles. The minimum atomic E-state index is -0.319. The van der Waals surface area contributed by atoms with Crippen LogP contribution in [0.15, 0.2) is 6.20 Å². The second kappa shape index (κ2) is 2.22. The Labute approximate surface area is 65.6 Å². The summed E-state index contributed by atoms with van der Waals surface area (Å²) in [7, 11) is 5.56. The van der Waals surface area contributed by atoms with Gasteiger partial charge < -0.3 is 0 Å². The molecule has 54 valence electrons. The van der Waals surface area contributed by atoms with Crippen LogP contribution in [-0.2, 0) is 6.42 Å². The highest BCUT2D eigenvalue weighted by molar-refractivity contribution is 6.28. The highest BCUT2D eigenvalue weighted by atomic mass is 16.1. The van der Waals surface area contributed by atoms with Gasteiger partial charge in [-0.3, -0.25) is 9.89 Å². The minimum absolute atomic E-state index is 0.0139. The molecule has 1 unspecified atom stereocenters. The van der Waals surface area contributed by atoms with Crippen molar-refractivity contribution in [1.82, 2.24) is 10.2 Å². The molecule has 1 aliphatic carbocycles. The number of aromatic nitrogens is 2. The minimum Gasteiger partial charge on any atom is -0.295 e. The molecule has 1 N–H and O–H groups in total. The molecule has 0 spiro atoms. The number of nitrogens with one attached hydrogen (secondary N) is 1. The number of nitrogens with zero attached hydrogens (tertiary/aromatic N) is 1. The van der Waals surface area contributed by atoms with Gasteiger partial charge in [0.05, 0.1) is 19.6 Å². The van der Waals surface area contributed by atoms with E-state index in [1.54, 1.807) is 6.20 Å². The van der Waals surface area contributed by atoms with Crippen LogP contribution in [0.3, 0.4) is 0 Å². The van der Waals surface area contributed by atoms with Crippen molar-refractivity contribution in [3.05, 3.63) is 17.5 Å². The molecule has 0 fully saturated rings. The molecular weight excluding hydrogens is 139 g/mol. The zero-order chi connectivity index (χ0) is 7.84. The Morgan fingerprint density at radius 2 is 2.55 bits per heavy atom. The van der Waals surface area contributed by atoms with Gasteiger partial charge in [0.1, 0.15) is 0 Å². The maximum Gasteiger partial charge on any atom is 0.160 e. The third-order valence-corrected chi connectivity index (χ3v) is 2.03. The van der Waals surface area contributed by atoms with E-state index in [0.29, 0.717) is 5.56 Å². The van der Waals surface area contributed by atoms with Crippen molar-refractivity contribution in [3.8, 4) is 0 Å². The third kappa shape index (κ3) is 0.896. The first kappa shape index (κ1) is 6.64. The molecule has 1 atom stereocenters. The van der Waals surface area contributed by atoms with Crippen molar-refractivity contribution in [2.24, 2.45) is 0 Å². The summed E-state index contributed by atoms with van der Waals surface area (Å²) in [5.74, 6) is -0.305. The molecular formula is C7H7BN2O. The van der Waals surface area contributed by atoms with Crippen molar-refractivity contribution in [2.45, 2.75) is 18.7 Å². The number of hydrogen-bond acceptors (Lipinski definition) is 2. The fourth-order valence-corrected chi connectivity index (χ4v) is 1.35. The third-order valence-electron chi connectivity index (χ3n) is 2.03. The Morgan fingerprint density at radius 3 is 3.36 bits per heavy atom. The van der Waals surface area contributed by atoms with Gasteiger partial charge in [-0.15, -0.1) is 0 Å². The molecule has 1 aromatic rings. The lowest BCUT2D eigenvalue weighted by Crippen LogP contribution is -2.16. The molecule has 0 saturated carbocycles. The van der Waals surface area contributed by atoms with E-state index < -0.39 is 0 Å². The number of ketones is 1. The molecule has 0 bridgehead atoms. The van der Waals surface area contributed by atoms with Crippen LogP contribution in [0.25, 0.3) is 0 Å². The molecule has 0 saturated heterocycles. The van der Waals surface area contributed by atoms with Crippen LogP contribution >= 0.6 is 0 Å². The number of carbonyl (C=O) groups is 1. The number of carbonyl (C=O) groups excluding carboxylic acids is 1. The van der Waals surface area contributed by atoms with Crippen LogP contribution in [-0.4, -0.2) is 23.8 Å². The fourth-order valence-electron chi connectivity index (χ4n) is 1.35. The van der Waals surface area contributed by atoms with Crippen LogP contribution in [0.1, 0.15) is 22.5 Å². The molecule has 0 aromatic carbocycles. The summed E-state index contributed by atoms with van der Waals surface area (Å²) in [6, 6.07) is 0. The lowest BCUT2D eigenvalue weighted by Gasteiger charge is -2.15. The van der Waals surface area contributed by atoms with Crippen LogP contribution in [0, 0.1) is 0 Å². The molecule has 4 heteroatoms. The summed E-state index contributed by atoms with van der Waals surface area (Å²) in [6.07, 6.45) is 3.12. The van der Waals surface area contributed by atoms with Gasteiger partial charge in [-0.1, -0.05) is 0 Å². The Morgan fingerprint density at radius 1 is 1.73 bits per heavy atom. The van der Waals surface area contributed by atoms with Gasteiger partial charge >= 0.3 is 0 Å². The van der Waals surface area contributed by atoms with E-state index in [1.165, 1.54) is 0 Å². The molecule has 1 heterocycles. The Kier molecular flexibility index (Phi) is 1.34. The SMILES string of the molecule is [B]C1CCc2[nH]ncc2C1=O. The van der Waals surface area contributed by atoms with Gasteiger partial charge in [0, 0.05) is 5.69 Å². The smallest absolute Gasteiger partial charge is 0.160 e. The Bertz CT molecular complexity index is 294. The van der Waals surface area contributed by atoms with E-state index in [1.807, 2.05) is 0 Å². The number of fused-ring (bicyclic) bond motifs is 1. The first-order valence-corrected chi connectivity index (χ1v) is 3.61. The average molecular weight is 146 g/mol. The van der Waals surface area contributed by atoms with E-state index in [9.17, 15) is 4.79 Å². The maximum atomic E-state index is 11.3. The van der Waals surface area contributed by atoms with E-state index in [-0.39, 0.29) is 11.6 Å². The molecule has 11 heavy (non-hydrogen) atoms. The monoisotopic (exact) mass is 146 g/mol. The summed E-state index contributed by atoms with van der Waals surface area (Å²) < 4.78 is 0. The highest BCUT2D eigenvalue weighted by Crippen LogP contribution is 2.24. The second-order valence-corrected chi connectivity index (χ2v) is 2.77. The van der Waals surface area contributed by atoms with Gasteiger partial charge in [0.25, 0.3) is 0 Å². The topological polar surface area (TPSA) is 45.8 Å². The summed E-state index contributed by atoms with van der Waals surface area (Å²) in [5, 5.41) is 6.57. The van der Waals surface area contributed by atoms with Crippen molar-refractivity contribution < 1.29 is 4.79 Å². The number of rotatable bonds is 0. The van der Waals surface area contributed by atoms with Crippen molar-refractivity contribution in [3.63, 3.8) is 0 Å². The number of H-pyrrole nitrogens is 1. The summed E-state index contributed by atoms with van der Waals surface area (Å²) >= 11 is 0. The number of aryl methyl sites for hydroxylation is 1. The van der Waals surface area contributed by atoms with E-state index >= 15 is 0 Å². The summed E-state index contributed by atoms with van der Waals surface area (Å²) in [4.78, 5) is 11.3. The molecule has 3 nitrogen and oxygen atoms in total. The maximum absolute atomic E-state index is 11.3. The van der Waals surface area contributed by atoms with Crippen LogP contribution in [0.2, 0.25) is 5.82 Å². The van der Waals surface area contributed by atoms with E-state index in [4.69, 9.17) is 7.85 Å². The molecule has 2 rings (SSSR count). The fraction of sp³-hybridized carbons (Fsp3) is 0.429. The number of aromatic amines is 1. The summed E-state index contributed by atoms with van der Waals surface area (Å²) in [5.41, 5.74) is 1.60. The number of Topliss-reactive ketones (excluding diaryl/α,β-unsaturated/α-hetero) is 1. The van der Waals surface area contributed by atoms with E-state index in [0.717, 1.165) is 18.5 Å². The largest absolute Gasteiger partial charge is 0.295 e. The van der Waals surface area contributed by atoms with Crippen LogP contribution in [0.5, 0.6) is 0 Å². The molecule has 1 aromatic heterocycles. The van der Waals surface area contributed by atoms with Gasteiger partial charge in [0.2, 0.25) is 0 Å². The van der Waals surface area contributed by atoms with Crippen LogP contribution < -0.4 is 0 Å². The van der Waals surface area contributed by atoms with Crippen molar-refractivity contribution >= 4 is 13.6 Å². The lowest BCUT2D eigenvalue weighted by molar-refractivity contribution is 0.0973. The zero-order valence-corrected chi connectivity index (χ0v) is 6.00.